The van der Waals surface area contributed by atoms with Crippen LogP contribution in [0.15, 0.2) is 0 Å². The van der Waals surface area contributed by atoms with Gasteiger partial charge in [-0.2, -0.15) is 0 Å². The fourth-order valence-corrected chi connectivity index (χ4v) is 3.95. The van der Waals surface area contributed by atoms with Gasteiger partial charge < -0.3 is 15.1 Å². The molecule has 0 aromatic heterocycles. The lowest BCUT2D eigenvalue weighted by Crippen LogP contribution is -2.44. The van der Waals surface area contributed by atoms with Crippen LogP contribution in [0.2, 0.25) is 0 Å². The molecule has 0 bridgehead atoms. The molecule has 21 heavy (non-hydrogen) atoms. The van der Waals surface area contributed by atoms with Crippen LogP contribution in [0.25, 0.3) is 0 Å². The lowest BCUT2D eigenvalue weighted by atomic mass is 10.2. The van der Waals surface area contributed by atoms with Crippen LogP contribution in [0.1, 0.15) is 19.8 Å². The molecule has 1 fully saturated rings. The molecule has 0 spiro atoms. The van der Waals surface area contributed by atoms with Crippen molar-refractivity contribution >= 4 is 21.7 Å². The third kappa shape index (κ3) is 6.90. The molecule has 1 saturated heterocycles. The molecule has 1 rings (SSSR count). The Morgan fingerprint density at radius 3 is 2.38 bits per heavy atom. The summed E-state index contributed by atoms with van der Waals surface area (Å²) in [6.45, 7) is 2.78. The van der Waals surface area contributed by atoms with Crippen LogP contribution in [0.5, 0.6) is 0 Å². The minimum Gasteiger partial charge on any atom is -0.351 e. The third-order valence-corrected chi connectivity index (χ3v) is 5.18. The summed E-state index contributed by atoms with van der Waals surface area (Å²) >= 11 is 0. The maximum atomic E-state index is 11.9. The number of nitrogens with one attached hydrogen (secondary N) is 1. The number of hydrogen-bond acceptors (Lipinski definition) is 5. The molecule has 0 radical (unpaired) electrons. The largest absolute Gasteiger partial charge is 0.351 e. The van der Waals surface area contributed by atoms with Crippen molar-refractivity contribution in [1.29, 1.82) is 0 Å². The molecule has 0 aliphatic carbocycles. The lowest BCUT2D eigenvalue weighted by Gasteiger charge is -2.22. The minimum absolute atomic E-state index is 0.000555. The van der Waals surface area contributed by atoms with Crippen LogP contribution in [0.4, 0.5) is 0 Å². The van der Waals surface area contributed by atoms with E-state index in [1.54, 1.807) is 0 Å². The summed E-state index contributed by atoms with van der Waals surface area (Å²) in [5.74, 6) is -0.323. The van der Waals surface area contributed by atoms with Crippen LogP contribution >= 0.6 is 0 Å². The van der Waals surface area contributed by atoms with Gasteiger partial charge >= 0.3 is 0 Å². The average molecular weight is 319 g/mol. The van der Waals surface area contributed by atoms with Crippen LogP contribution in [-0.4, -0.2) is 81.3 Å². The van der Waals surface area contributed by atoms with Crippen molar-refractivity contribution < 1.29 is 18.0 Å². The summed E-state index contributed by atoms with van der Waals surface area (Å²) < 4.78 is 22.7. The molecule has 7 nitrogen and oxygen atoms in total. The maximum Gasteiger partial charge on any atom is 0.239 e. The molecule has 0 saturated carbocycles. The molecule has 2 amide bonds. The number of hydrogen-bond donors (Lipinski definition) is 1. The molecular weight excluding hydrogens is 294 g/mol. The van der Waals surface area contributed by atoms with E-state index < -0.39 is 9.84 Å². The molecule has 1 heterocycles. The van der Waals surface area contributed by atoms with Gasteiger partial charge in [0.15, 0.2) is 9.84 Å². The summed E-state index contributed by atoms with van der Waals surface area (Å²) in [5.41, 5.74) is 0. The van der Waals surface area contributed by atoms with Crippen LogP contribution in [0.3, 0.4) is 0 Å². The molecule has 0 aromatic rings. The minimum atomic E-state index is -3.01. The van der Waals surface area contributed by atoms with Crippen molar-refractivity contribution in [3.63, 3.8) is 0 Å². The fraction of sp³-hybridized carbons (Fsp3) is 0.846. The van der Waals surface area contributed by atoms with Crippen LogP contribution < -0.4 is 5.32 Å². The highest BCUT2D eigenvalue weighted by molar-refractivity contribution is 7.91. The Morgan fingerprint density at radius 1 is 1.24 bits per heavy atom. The first-order valence-corrected chi connectivity index (χ1v) is 8.92. The number of carbonyl (C=O) groups excluding carboxylic acids is 2. The standard InChI is InChI=1S/C13H25N3O4S/c1-11(17)16(7-4-6-15(2)3)9-13(18)14-12-5-8-21(19,20)10-12/h12H,4-10H2,1-3H3,(H,14,18). The van der Waals surface area contributed by atoms with Gasteiger partial charge in [-0.1, -0.05) is 0 Å². The Bertz CT molecular complexity index is 476. The van der Waals surface area contributed by atoms with Crippen molar-refractivity contribution in [3.05, 3.63) is 0 Å². The van der Waals surface area contributed by atoms with Crippen molar-refractivity contribution in [2.45, 2.75) is 25.8 Å². The summed E-state index contributed by atoms with van der Waals surface area (Å²) in [6.07, 6.45) is 1.24. The van der Waals surface area contributed by atoms with Crippen LogP contribution in [-0.2, 0) is 19.4 Å². The zero-order valence-electron chi connectivity index (χ0n) is 13.0. The van der Waals surface area contributed by atoms with Crippen molar-refractivity contribution in [3.8, 4) is 0 Å². The van der Waals surface area contributed by atoms with Crippen molar-refractivity contribution in [2.24, 2.45) is 0 Å². The van der Waals surface area contributed by atoms with Gasteiger partial charge in [0.25, 0.3) is 0 Å². The topological polar surface area (TPSA) is 86.8 Å². The number of carbonyl (C=O) groups is 2. The summed E-state index contributed by atoms with van der Waals surface area (Å²) in [6, 6.07) is -0.321. The Labute approximate surface area is 126 Å². The van der Waals surface area contributed by atoms with Gasteiger partial charge in [-0.3, -0.25) is 9.59 Å². The maximum absolute atomic E-state index is 11.9. The predicted molar refractivity (Wildman–Crippen MR) is 80.6 cm³/mol. The van der Waals surface area contributed by atoms with Gasteiger partial charge in [0.2, 0.25) is 11.8 Å². The Balaban J connectivity index is 2.40. The van der Waals surface area contributed by atoms with E-state index in [1.807, 2.05) is 19.0 Å². The predicted octanol–water partition coefficient (Wildman–Crippen LogP) is -0.910. The Morgan fingerprint density at radius 2 is 1.90 bits per heavy atom. The molecule has 1 aliphatic heterocycles. The monoisotopic (exact) mass is 319 g/mol. The van der Waals surface area contributed by atoms with E-state index in [0.717, 1.165) is 13.0 Å². The highest BCUT2D eigenvalue weighted by Gasteiger charge is 2.29. The molecule has 1 unspecified atom stereocenters. The van der Waals surface area contributed by atoms with E-state index in [0.29, 0.717) is 13.0 Å². The van der Waals surface area contributed by atoms with Gasteiger partial charge in [0, 0.05) is 19.5 Å². The Hall–Kier alpha value is -1.15. The smallest absolute Gasteiger partial charge is 0.239 e. The van der Waals surface area contributed by atoms with Gasteiger partial charge in [-0.25, -0.2) is 8.42 Å². The molecular formula is C13H25N3O4S. The van der Waals surface area contributed by atoms with Gasteiger partial charge in [-0.05, 0) is 33.5 Å². The van der Waals surface area contributed by atoms with Crippen molar-refractivity contribution in [2.75, 3.05) is 45.2 Å². The second-order valence-electron chi connectivity index (χ2n) is 5.76. The Kier molecular flexibility index (Phi) is 6.60. The first kappa shape index (κ1) is 17.9. The number of nitrogens with zero attached hydrogens (tertiary/aromatic N) is 2. The van der Waals surface area contributed by atoms with E-state index in [4.69, 9.17) is 0 Å². The second kappa shape index (κ2) is 7.74. The van der Waals surface area contributed by atoms with Crippen LogP contribution in [0, 0.1) is 0 Å². The second-order valence-corrected chi connectivity index (χ2v) is 7.99. The zero-order valence-corrected chi connectivity index (χ0v) is 13.8. The van der Waals surface area contributed by atoms with E-state index >= 15 is 0 Å². The third-order valence-electron chi connectivity index (χ3n) is 3.41. The first-order valence-electron chi connectivity index (χ1n) is 7.09. The molecule has 1 atom stereocenters. The lowest BCUT2D eigenvalue weighted by molar-refractivity contribution is -0.134. The van der Waals surface area contributed by atoms with Gasteiger partial charge in [-0.15, -0.1) is 0 Å². The summed E-state index contributed by atoms with van der Waals surface area (Å²) in [4.78, 5) is 26.9. The fourth-order valence-electron chi connectivity index (χ4n) is 2.28. The quantitative estimate of drug-likeness (QED) is 0.656. The summed E-state index contributed by atoms with van der Waals surface area (Å²) in [5, 5.41) is 2.70. The van der Waals surface area contributed by atoms with E-state index in [9.17, 15) is 18.0 Å². The zero-order chi connectivity index (χ0) is 16.0. The summed E-state index contributed by atoms with van der Waals surface area (Å²) in [7, 11) is 0.889. The van der Waals surface area contributed by atoms with E-state index in [2.05, 4.69) is 5.32 Å². The first-order chi connectivity index (χ1) is 9.69. The average Bonchev–Trinajstić information content (AvgIpc) is 2.66. The molecule has 1 aliphatic rings. The highest BCUT2D eigenvalue weighted by Crippen LogP contribution is 2.11. The van der Waals surface area contributed by atoms with Gasteiger partial charge in [0.1, 0.15) is 0 Å². The SMILES string of the molecule is CC(=O)N(CCCN(C)C)CC(=O)NC1CCS(=O)(=O)C1. The highest BCUT2D eigenvalue weighted by atomic mass is 32.2. The van der Waals surface area contributed by atoms with Gasteiger partial charge in [0.05, 0.1) is 18.1 Å². The van der Waals surface area contributed by atoms with Crippen molar-refractivity contribution in [1.82, 2.24) is 15.1 Å². The molecule has 122 valence electrons. The number of rotatable bonds is 7. The molecule has 1 N–H and O–H groups in total. The molecule has 0 aromatic carbocycles. The number of amides is 2. The normalized spacial score (nSPS) is 20.5. The van der Waals surface area contributed by atoms with E-state index in [-0.39, 0.29) is 35.9 Å². The number of sulfone groups is 1. The van der Waals surface area contributed by atoms with E-state index in [1.165, 1.54) is 11.8 Å². The molecule has 8 heteroatoms.